The molecule has 2 heterocycles. The first-order valence-corrected chi connectivity index (χ1v) is 20.0. The summed E-state index contributed by atoms with van der Waals surface area (Å²) in [5, 5.41) is 39.7. The minimum Gasteiger partial charge on any atom is -0.508 e. The number of phenolic OH excluding ortho intramolecular Hbond substituents is 1. The van der Waals surface area contributed by atoms with E-state index in [2.05, 4.69) is 67.4 Å². The van der Waals surface area contributed by atoms with Crippen molar-refractivity contribution >= 4 is 42.0 Å². The lowest BCUT2D eigenvalue weighted by atomic mass is 9.98. The Kier molecular flexibility index (Phi) is 20.2. The van der Waals surface area contributed by atoms with E-state index in [-0.39, 0.29) is 72.7 Å². The van der Waals surface area contributed by atoms with Crippen molar-refractivity contribution in [3.05, 3.63) is 29.8 Å². The molecule has 54 heavy (non-hydrogen) atoms. The summed E-state index contributed by atoms with van der Waals surface area (Å²) in [5.41, 5.74) is 5.19. The Hall–Kier alpha value is -3.32. The standard InChI is InChI=1S/C37H64N10O6S/c1-36-23-39-15-17-41-25-37(44-20-19-43-36,26-42-18-16-40-24-36)47-34(52)10-6-9-33(51)45-29(21-27-11-13-28(48)14-12-27)31(49)7-4-2-3-5-8-32(50)46-30(22-54)35(38)53/h11-14,29-30,39-44,48,54H,2-10,15-26H2,1H3,(H2,38,53)(H,45,51)(H,46,50)(H,47,52). The lowest BCUT2D eigenvalue weighted by Crippen LogP contribution is -2.70. The number of carbonyl (C=O) groups is 5. The monoisotopic (exact) mass is 776 g/mol. The number of nitrogens with one attached hydrogen (secondary N) is 9. The second kappa shape index (κ2) is 24.2. The predicted molar refractivity (Wildman–Crippen MR) is 212 cm³/mol. The van der Waals surface area contributed by atoms with E-state index in [0.29, 0.717) is 51.7 Å². The molecule has 2 bridgehead atoms. The van der Waals surface area contributed by atoms with Crippen LogP contribution < -0.4 is 53.6 Å². The molecular weight excluding hydrogens is 713 g/mol. The van der Waals surface area contributed by atoms with Crippen LogP contribution in [0.15, 0.2) is 24.3 Å². The van der Waals surface area contributed by atoms with Crippen LogP contribution in [0, 0.1) is 0 Å². The minimum atomic E-state index is -0.806. The van der Waals surface area contributed by atoms with Crippen molar-refractivity contribution < 1.29 is 29.1 Å². The number of aromatic hydroxyl groups is 1. The Labute approximate surface area is 325 Å². The highest BCUT2D eigenvalue weighted by Gasteiger charge is 2.32. The second-order valence-electron chi connectivity index (χ2n) is 14.7. The summed E-state index contributed by atoms with van der Waals surface area (Å²) >= 11 is 4.03. The summed E-state index contributed by atoms with van der Waals surface area (Å²) in [6, 6.07) is 4.96. The summed E-state index contributed by atoms with van der Waals surface area (Å²) in [5.74, 6) is -1.26. The van der Waals surface area contributed by atoms with Gasteiger partial charge in [-0.3, -0.25) is 29.3 Å². The predicted octanol–water partition coefficient (Wildman–Crippen LogP) is -1.46. The first-order chi connectivity index (χ1) is 25.9. The number of Topliss-reactive ketones (excluding diaryl/α,β-unsaturated/α-hetero) is 1. The molecule has 0 saturated carbocycles. The molecular formula is C37H64N10O6S. The molecule has 2 aliphatic rings. The van der Waals surface area contributed by atoms with E-state index in [1.54, 1.807) is 24.3 Å². The van der Waals surface area contributed by atoms with Gasteiger partial charge in [0.15, 0.2) is 5.78 Å². The van der Waals surface area contributed by atoms with Gasteiger partial charge in [-0.25, -0.2) is 0 Å². The lowest BCUT2D eigenvalue weighted by Gasteiger charge is -2.39. The van der Waals surface area contributed by atoms with Gasteiger partial charge in [0.05, 0.1) is 6.04 Å². The van der Waals surface area contributed by atoms with E-state index >= 15 is 0 Å². The van der Waals surface area contributed by atoms with Gasteiger partial charge >= 0.3 is 0 Å². The fourth-order valence-electron chi connectivity index (χ4n) is 6.56. The Morgan fingerprint density at radius 1 is 0.704 bits per heavy atom. The van der Waals surface area contributed by atoms with E-state index in [1.807, 2.05) is 0 Å². The molecule has 0 spiro atoms. The summed E-state index contributed by atoms with van der Waals surface area (Å²) in [6.07, 6.45) is 3.89. The summed E-state index contributed by atoms with van der Waals surface area (Å²) in [4.78, 5) is 63.3. The molecule has 2 aliphatic heterocycles. The second-order valence-corrected chi connectivity index (χ2v) is 15.0. The summed E-state index contributed by atoms with van der Waals surface area (Å²) in [6.45, 7) is 9.32. The van der Waals surface area contributed by atoms with Crippen LogP contribution in [-0.4, -0.2) is 129 Å². The molecule has 0 aromatic heterocycles. The topological polar surface area (TPSA) is 240 Å². The van der Waals surface area contributed by atoms with Crippen molar-refractivity contribution in [3.63, 3.8) is 0 Å². The van der Waals surface area contributed by atoms with Crippen molar-refractivity contribution in [3.8, 4) is 5.75 Å². The molecule has 16 nitrogen and oxygen atoms in total. The zero-order chi connectivity index (χ0) is 39.2. The molecule has 17 heteroatoms. The minimum absolute atomic E-state index is 0.0788. The number of nitrogens with two attached hydrogens (primary N) is 1. The number of amides is 4. The van der Waals surface area contributed by atoms with Crippen LogP contribution >= 0.6 is 12.6 Å². The molecule has 0 aliphatic carbocycles. The molecule has 3 rings (SSSR count). The van der Waals surface area contributed by atoms with Gasteiger partial charge in [0.2, 0.25) is 23.6 Å². The molecule has 2 fully saturated rings. The number of phenols is 1. The number of unbranched alkanes of at least 4 members (excludes halogenated alkanes) is 3. The maximum atomic E-state index is 13.4. The summed E-state index contributed by atoms with van der Waals surface area (Å²) < 4.78 is 0. The van der Waals surface area contributed by atoms with Crippen LogP contribution in [0.2, 0.25) is 0 Å². The molecule has 2 saturated heterocycles. The number of ketones is 1. The number of rotatable bonds is 19. The maximum Gasteiger partial charge on any atom is 0.240 e. The Bertz CT molecular complexity index is 1320. The molecule has 4 amide bonds. The average molecular weight is 777 g/mol. The van der Waals surface area contributed by atoms with Gasteiger partial charge in [-0.1, -0.05) is 25.0 Å². The Balaban J connectivity index is 1.50. The van der Waals surface area contributed by atoms with Gasteiger partial charge in [0, 0.05) is 102 Å². The van der Waals surface area contributed by atoms with Crippen LogP contribution in [0.1, 0.15) is 70.3 Å². The van der Waals surface area contributed by atoms with Gasteiger partial charge < -0.3 is 53.4 Å². The van der Waals surface area contributed by atoms with Gasteiger partial charge in [-0.15, -0.1) is 0 Å². The van der Waals surface area contributed by atoms with E-state index in [0.717, 1.165) is 51.4 Å². The number of hydrogen-bond acceptors (Lipinski definition) is 13. The number of carbonyl (C=O) groups excluding carboxylic acids is 5. The first kappa shape index (κ1) is 45.1. The van der Waals surface area contributed by atoms with Crippen LogP contribution in [0.25, 0.3) is 0 Å². The highest BCUT2D eigenvalue weighted by Crippen LogP contribution is 2.15. The fraction of sp³-hybridized carbons (Fsp3) is 0.703. The average Bonchev–Trinajstić information content (AvgIpc) is 3.13. The van der Waals surface area contributed by atoms with Crippen molar-refractivity contribution in [2.45, 2.75) is 94.4 Å². The van der Waals surface area contributed by atoms with Crippen molar-refractivity contribution in [2.75, 3.05) is 71.2 Å². The van der Waals surface area contributed by atoms with Crippen molar-refractivity contribution in [2.24, 2.45) is 5.73 Å². The van der Waals surface area contributed by atoms with Crippen LogP contribution in [0.5, 0.6) is 5.75 Å². The van der Waals surface area contributed by atoms with E-state index in [9.17, 15) is 29.1 Å². The number of primary amides is 1. The molecule has 1 aromatic carbocycles. The SMILES string of the molecule is CC12CNCCNCC(NC(=O)CCCC(=O)NC(Cc3ccc(O)cc3)C(=O)CCCCCCC(=O)NC(CS)C(N)=O)(CNCCNC1)NCCN2. The largest absolute Gasteiger partial charge is 0.508 e. The zero-order valence-electron chi connectivity index (χ0n) is 31.8. The first-order valence-electron chi connectivity index (χ1n) is 19.4. The van der Waals surface area contributed by atoms with Gasteiger partial charge in [-0.2, -0.15) is 12.6 Å². The van der Waals surface area contributed by atoms with Crippen LogP contribution in [0.3, 0.4) is 0 Å². The zero-order valence-corrected chi connectivity index (χ0v) is 32.7. The third-order valence-corrected chi connectivity index (χ3v) is 10.1. The quantitative estimate of drug-likeness (QED) is 0.0570. The van der Waals surface area contributed by atoms with Gasteiger partial charge in [-0.05, 0) is 50.3 Å². The number of thiol groups is 1. The fourth-order valence-corrected chi connectivity index (χ4v) is 6.83. The van der Waals surface area contributed by atoms with Crippen molar-refractivity contribution in [1.29, 1.82) is 0 Å². The van der Waals surface area contributed by atoms with Crippen LogP contribution in [0.4, 0.5) is 0 Å². The molecule has 2 unspecified atom stereocenters. The lowest BCUT2D eigenvalue weighted by molar-refractivity contribution is -0.128. The smallest absolute Gasteiger partial charge is 0.240 e. The third-order valence-electron chi connectivity index (χ3n) is 9.71. The number of fused-ring (bicyclic) bond motifs is 5. The molecule has 304 valence electrons. The van der Waals surface area contributed by atoms with Gasteiger partial charge in [0.1, 0.15) is 17.5 Å². The highest BCUT2D eigenvalue weighted by atomic mass is 32.1. The van der Waals surface area contributed by atoms with E-state index < -0.39 is 23.7 Å². The number of benzene rings is 1. The Morgan fingerprint density at radius 3 is 1.81 bits per heavy atom. The molecule has 0 radical (unpaired) electrons. The van der Waals surface area contributed by atoms with E-state index in [1.165, 1.54) is 0 Å². The molecule has 1 aromatic rings. The highest BCUT2D eigenvalue weighted by molar-refractivity contribution is 7.80. The molecule has 2 atom stereocenters. The third kappa shape index (κ3) is 17.4. The molecule has 12 N–H and O–H groups in total. The summed E-state index contributed by atoms with van der Waals surface area (Å²) in [7, 11) is 0. The number of hydrogen-bond donors (Lipinski definition) is 12. The Morgan fingerprint density at radius 2 is 1.22 bits per heavy atom. The maximum absolute atomic E-state index is 13.4. The van der Waals surface area contributed by atoms with Crippen LogP contribution in [-0.2, 0) is 30.4 Å². The normalized spacial score (nSPS) is 22.4. The van der Waals surface area contributed by atoms with Gasteiger partial charge in [0.25, 0.3) is 0 Å². The van der Waals surface area contributed by atoms with E-state index in [4.69, 9.17) is 5.73 Å². The van der Waals surface area contributed by atoms with Crippen molar-refractivity contribution in [1.82, 2.24) is 47.9 Å².